The summed E-state index contributed by atoms with van der Waals surface area (Å²) in [5, 5.41) is 10.6. The van der Waals surface area contributed by atoms with Gasteiger partial charge in [0.05, 0.1) is 7.11 Å². The lowest BCUT2D eigenvalue weighted by Crippen LogP contribution is -2.03. The molecule has 0 aromatic heterocycles. The van der Waals surface area contributed by atoms with Crippen LogP contribution in [-0.2, 0) is 0 Å². The van der Waals surface area contributed by atoms with E-state index in [1.807, 2.05) is 0 Å². The molecule has 0 heterocycles. The molecule has 0 spiro atoms. The van der Waals surface area contributed by atoms with Gasteiger partial charge in [-0.1, -0.05) is 33.6 Å². The molecule has 2 aromatic rings. The van der Waals surface area contributed by atoms with Crippen molar-refractivity contribution in [1.82, 2.24) is 0 Å². The number of hydrogen-bond acceptors (Lipinski definition) is 2. The number of rotatable bonds is 3. The van der Waals surface area contributed by atoms with Crippen LogP contribution in [0.2, 0.25) is 5.02 Å². The summed E-state index contributed by atoms with van der Waals surface area (Å²) in [6.45, 7) is 0. The van der Waals surface area contributed by atoms with E-state index in [0.717, 1.165) is 4.47 Å². The molecule has 2 aromatic carbocycles. The van der Waals surface area contributed by atoms with Crippen LogP contribution in [0.25, 0.3) is 0 Å². The first-order chi connectivity index (χ1) is 9.02. The first kappa shape index (κ1) is 14.3. The molecule has 0 fully saturated rings. The van der Waals surface area contributed by atoms with Gasteiger partial charge in [0, 0.05) is 20.6 Å². The normalized spacial score (nSPS) is 12.3. The summed E-state index contributed by atoms with van der Waals surface area (Å²) in [7, 11) is 1.52. The van der Waals surface area contributed by atoms with Gasteiger partial charge >= 0.3 is 0 Å². The molecule has 2 nitrogen and oxygen atoms in total. The summed E-state index contributed by atoms with van der Waals surface area (Å²) < 4.78 is 19.0. The van der Waals surface area contributed by atoms with Crippen molar-refractivity contribution in [3.05, 3.63) is 62.8 Å². The molecule has 0 aliphatic rings. The minimum absolute atomic E-state index is 0.175. The van der Waals surface area contributed by atoms with Gasteiger partial charge in [0.15, 0.2) is 0 Å². The van der Waals surface area contributed by atoms with Gasteiger partial charge in [-0.2, -0.15) is 0 Å². The van der Waals surface area contributed by atoms with Gasteiger partial charge < -0.3 is 9.84 Å². The highest BCUT2D eigenvalue weighted by Gasteiger charge is 2.18. The van der Waals surface area contributed by atoms with Gasteiger partial charge in [-0.25, -0.2) is 4.39 Å². The lowest BCUT2D eigenvalue weighted by atomic mass is 10.0. The third kappa shape index (κ3) is 3.08. The van der Waals surface area contributed by atoms with E-state index in [1.165, 1.54) is 25.3 Å². The van der Waals surface area contributed by atoms with Crippen LogP contribution in [0.4, 0.5) is 4.39 Å². The van der Waals surface area contributed by atoms with Gasteiger partial charge in [0.2, 0.25) is 0 Å². The topological polar surface area (TPSA) is 29.5 Å². The number of aliphatic hydroxyl groups excluding tert-OH is 1. The summed E-state index contributed by atoms with van der Waals surface area (Å²) in [4.78, 5) is 0. The molecule has 0 aliphatic carbocycles. The Balaban J connectivity index is 2.49. The van der Waals surface area contributed by atoms with E-state index in [9.17, 15) is 9.50 Å². The van der Waals surface area contributed by atoms with Crippen LogP contribution >= 0.6 is 27.5 Å². The standard InChI is InChI=1S/C14H11BrClFO2/c1-19-13-5-2-8(15)6-11(13)14(18)10-4-3-9(17)7-12(10)16/h2-7,14,18H,1H3. The van der Waals surface area contributed by atoms with E-state index in [4.69, 9.17) is 16.3 Å². The minimum Gasteiger partial charge on any atom is -0.496 e. The summed E-state index contributed by atoms with van der Waals surface area (Å²) >= 11 is 9.29. The first-order valence-corrected chi connectivity index (χ1v) is 6.66. The Labute approximate surface area is 123 Å². The highest BCUT2D eigenvalue weighted by atomic mass is 79.9. The summed E-state index contributed by atoms with van der Waals surface area (Å²) in [6, 6.07) is 9.17. The van der Waals surface area contributed by atoms with E-state index in [1.54, 1.807) is 18.2 Å². The zero-order valence-electron chi connectivity index (χ0n) is 10.0. The van der Waals surface area contributed by atoms with E-state index in [0.29, 0.717) is 16.9 Å². The van der Waals surface area contributed by atoms with Crippen LogP contribution < -0.4 is 4.74 Å². The number of aliphatic hydroxyl groups is 1. The largest absolute Gasteiger partial charge is 0.496 e. The second kappa shape index (κ2) is 5.90. The van der Waals surface area contributed by atoms with Gasteiger partial charge in [0.1, 0.15) is 17.7 Å². The van der Waals surface area contributed by atoms with Crippen molar-refractivity contribution in [1.29, 1.82) is 0 Å². The molecule has 1 unspecified atom stereocenters. The average molecular weight is 346 g/mol. The Morgan fingerprint density at radius 3 is 2.58 bits per heavy atom. The molecule has 2 rings (SSSR count). The average Bonchev–Trinajstić information content (AvgIpc) is 2.38. The van der Waals surface area contributed by atoms with Gasteiger partial charge in [0.25, 0.3) is 0 Å². The van der Waals surface area contributed by atoms with Crippen LogP contribution in [-0.4, -0.2) is 12.2 Å². The second-order valence-electron chi connectivity index (χ2n) is 3.95. The maximum Gasteiger partial charge on any atom is 0.125 e. The van der Waals surface area contributed by atoms with Crippen LogP contribution in [0.5, 0.6) is 5.75 Å². The fraction of sp³-hybridized carbons (Fsp3) is 0.143. The molecule has 0 bridgehead atoms. The second-order valence-corrected chi connectivity index (χ2v) is 5.28. The quantitative estimate of drug-likeness (QED) is 0.897. The van der Waals surface area contributed by atoms with E-state index in [-0.39, 0.29) is 5.02 Å². The zero-order valence-corrected chi connectivity index (χ0v) is 12.4. The Morgan fingerprint density at radius 1 is 1.21 bits per heavy atom. The minimum atomic E-state index is -0.986. The van der Waals surface area contributed by atoms with Crippen molar-refractivity contribution in [2.75, 3.05) is 7.11 Å². The molecule has 1 N–H and O–H groups in total. The smallest absolute Gasteiger partial charge is 0.125 e. The molecule has 0 saturated carbocycles. The molecule has 0 aliphatic heterocycles. The predicted molar refractivity (Wildman–Crippen MR) is 76.2 cm³/mol. The van der Waals surface area contributed by atoms with E-state index >= 15 is 0 Å². The highest BCUT2D eigenvalue weighted by molar-refractivity contribution is 9.10. The van der Waals surface area contributed by atoms with Crippen molar-refractivity contribution >= 4 is 27.5 Å². The van der Waals surface area contributed by atoms with Crippen molar-refractivity contribution in [3.63, 3.8) is 0 Å². The van der Waals surface area contributed by atoms with Crippen LogP contribution in [0.3, 0.4) is 0 Å². The zero-order chi connectivity index (χ0) is 14.0. The Hall–Kier alpha value is -1.10. The third-order valence-electron chi connectivity index (χ3n) is 2.74. The van der Waals surface area contributed by atoms with Crippen molar-refractivity contribution < 1.29 is 14.2 Å². The Kier molecular flexibility index (Phi) is 4.45. The summed E-state index contributed by atoms with van der Waals surface area (Å²) in [5.74, 6) is 0.0956. The van der Waals surface area contributed by atoms with Gasteiger partial charge in [-0.05, 0) is 30.3 Å². The highest BCUT2D eigenvalue weighted by Crippen LogP contribution is 2.35. The number of hydrogen-bond donors (Lipinski definition) is 1. The lowest BCUT2D eigenvalue weighted by molar-refractivity contribution is 0.214. The molecule has 19 heavy (non-hydrogen) atoms. The molecular formula is C14H11BrClFO2. The maximum absolute atomic E-state index is 13.0. The summed E-state index contributed by atoms with van der Waals surface area (Å²) in [5.41, 5.74) is 0.991. The molecule has 5 heteroatoms. The molecule has 1 atom stereocenters. The third-order valence-corrected chi connectivity index (χ3v) is 3.56. The van der Waals surface area contributed by atoms with Crippen molar-refractivity contribution in [2.24, 2.45) is 0 Å². The number of ether oxygens (including phenoxy) is 1. The van der Waals surface area contributed by atoms with Crippen molar-refractivity contribution in [3.8, 4) is 5.75 Å². The molecule has 100 valence electrons. The van der Waals surface area contributed by atoms with Crippen LogP contribution in [0, 0.1) is 5.82 Å². The number of halogens is 3. The fourth-order valence-corrected chi connectivity index (χ4v) is 2.46. The lowest BCUT2D eigenvalue weighted by Gasteiger charge is -2.16. The van der Waals surface area contributed by atoms with Gasteiger partial charge in [-0.3, -0.25) is 0 Å². The van der Waals surface area contributed by atoms with Crippen LogP contribution in [0.1, 0.15) is 17.2 Å². The van der Waals surface area contributed by atoms with Gasteiger partial charge in [-0.15, -0.1) is 0 Å². The molecule has 0 radical (unpaired) electrons. The Bertz CT molecular complexity index is 604. The van der Waals surface area contributed by atoms with E-state index < -0.39 is 11.9 Å². The maximum atomic E-state index is 13.0. The van der Waals surface area contributed by atoms with Crippen molar-refractivity contribution in [2.45, 2.75) is 6.10 Å². The Morgan fingerprint density at radius 2 is 1.95 bits per heavy atom. The molecular weight excluding hydrogens is 335 g/mol. The first-order valence-electron chi connectivity index (χ1n) is 5.49. The SMILES string of the molecule is COc1ccc(Br)cc1C(O)c1ccc(F)cc1Cl. The number of methoxy groups -OCH3 is 1. The molecule has 0 amide bonds. The number of benzene rings is 2. The van der Waals surface area contributed by atoms with E-state index in [2.05, 4.69) is 15.9 Å². The molecule has 0 saturated heterocycles. The fourth-order valence-electron chi connectivity index (χ4n) is 1.81. The summed E-state index contributed by atoms with van der Waals surface area (Å²) in [6.07, 6.45) is -0.986. The predicted octanol–water partition coefficient (Wildman–Crippen LogP) is 4.33. The van der Waals surface area contributed by atoms with Crippen LogP contribution in [0.15, 0.2) is 40.9 Å². The monoisotopic (exact) mass is 344 g/mol.